The van der Waals surface area contributed by atoms with E-state index in [1.165, 1.54) is 0 Å². The molecule has 2 nitrogen and oxygen atoms in total. The van der Waals surface area contributed by atoms with Crippen LogP contribution in [0.2, 0.25) is 0 Å². The van der Waals surface area contributed by atoms with E-state index < -0.39 is 0 Å². The van der Waals surface area contributed by atoms with Crippen LogP contribution in [-0.4, -0.2) is 16.1 Å². The van der Waals surface area contributed by atoms with E-state index >= 15 is 0 Å². The van der Waals surface area contributed by atoms with Crippen molar-refractivity contribution < 1.29 is 4.43 Å². The van der Waals surface area contributed by atoms with Crippen molar-refractivity contribution in [2.45, 2.75) is 32.3 Å². The molecule has 0 saturated heterocycles. The summed E-state index contributed by atoms with van der Waals surface area (Å²) >= 11 is 0. The van der Waals surface area contributed by atoms with Crippen LogP contribution in [0.4, 0.5) is 0 Å². The topological polar surface area (TPSA) is 33.0 Å². The first-order valence-electron chi connectivity index (χ1n) is 2.84. The van der Waals surface area contributed by atoms with Crippen LogP contribution in [0.15, 0.2) is 0 Å². The van der Waals surface area contributed by atoms with Gasteiger partial charge >= 0.3 is 0 Å². The number of hydrogen-bond acceptors (Lipinski definition) is 2. The van der Waals surface area contributed by atoms with Gasteiger partial charge in [0.05, 0.1) is 11.7 Å². The van der Waals surface area contributed by atoms with Crippen molar-refractivity contribution in [1.82, 2.24) is 0 Å². The van der Waals surface area contributed by atoms with Gasteiger partial charge in [0.15, 0.2) is 0 Å². The molecule has 0 heterocycles. The van der Waals surface area contributed by atoms with Crippen LogP contribution in [0, 0.1) is 11.3 Å². The summed E-state index contributed by atoms with van der Waals surface area (Å²) in [4.78, 5) is 0. The van der Waals surface area contributed by atoms with Gasteiger partial charge in [-0.25, -0.2) is 0 Å². The molecule has 0 unspecified atom stereocenters. The molecule has 0 aromatic rings. The second-order valence-electron chi connectivity index (χ2n) is 2.52. The Hall–Kier alpha value is -0.333. The van der Waals surface area contributed by atoms with Gasteiger partial charge in [0.1, 0.15) is 0 Å². The Kier molecular flexibility index (Phi) is 3.51. The Bertz CT molecular complexity index is 117. The van der Waals surface area contributed by atoms with Gasteiger partial charge in [-0.2, -0.15) is 5.26 Å². The van der Waals surface area contributed by atoms with E-state index in [1.807, 2.05) is 13.8 Å². The SMILES string of the molecule is CC(C)(CCC#N)O[Si]. The van der Waals surface area contributed by atoms with E-state index in [1.54, 1.807) is 0 Å². The first-order chi connectivity index (χ1) is 4.12. The highest BCUT2D eigenvalue weighted by Gasteiger charge is 2.14. The van der Waals surface area contributed by atoms with Gasteiger partial charge in [-0.05, 0) is 20.3 Å². The molecule has 0 rings (SSSR count). The van der Waals surface area contributed by atoms with Crippen LogP contribution in [0.5, 0.6) is 0 Å². The summed E-state index contributed by atoms with van der Waals surface area (Å²) in [5.41, 5.74) is -0.216. The van der Waals surface area contributed by atoms with Crippen LogP contribution in [0.1, 0.15) is 26.7 Å². The van der Waals surface area contributed by atoms with Crippen molar-refractivity contribution in [3.63, 3.8) is 0 Å². The minimum absolute atomic E-state index is 0.216. The van der Waals surface area contributed by atoms with E-state index in [2.05, 4.69) is 16.6 Å². The largest absolute Gasteiger partial charge is 0.414 e. The molecule has 0 aliphatic heterocycles. The predicted molar refractivity (Wildman–Crippen MR) is 35.8 cm³/mol. The highest BCUT2D eigenvalue weighted by molar-refractivity contribution is 5.98. The van der Waals surface area contributed by atoms with E-state index in [0.717, 1.165) is 6.42 Å². The molecule has 0 N–H and O–H groups in total. The van der Waals surface area contributed by atoms with Crippen molar-refractivity contribution >= 4 is 10.5 Å². The molecule has 0 spiro atoms. The maximum Gasteiger partial charge on any atom is 0.246 e. The average Bonchev–Trinajstić information content (AvgIpc) is 1.84. The van der Waals surface area contributed by atoms with Gasteiger partial charge in [0.25, 0.3) is 0 Å². The van der Waals surface area contributed by atoms with Gasteiger partial charge in [-0.15, -0.1) is 0 Å². The van der Waals surface area contributed by atoms with E-state index in [0.29, 0.717) is 6.42 Å². The molecule has 0 aliphatic carbocycles. The van der Waals surface area contributed by atoms with Gasteiger partial charge in [0.2, 0.25) is 10.5 Å². The van der Waals surface area contributed by atoms with Crippen LogP contribution in [0.3, 0.4) is 0 Å². The Balaban J connectivity index is 3.48. The second-order valence-corrected chi connectivity index (χ2v) is 2.72. The third kappa shape index (κ3) is 4.19. The maximum atomic E-state index is 8.20. The summed E-state index contributed by atoms with van der Waals surface area (Å²) in [6, 6.07) is 2.06. The zero-order chi connectivity index (χ0) is 7.33. The fraction of sp³-hybridized carbons (Fsp3) is 0.833. The van der Waals surface area contributed by atoms with Crippen molar-refractivity contribution in [1.29, 1.82) is 5.26 Å². The third-order valence-corrected chi connectivity index (χ3v) is 1.67. The van der Waals surface area contributed by atoms with Gasteiger partial charge in [-0.3, -0.25) is 0 Å². The van der Waals surface area contributed by atoms with E-state index in [-0.39, 0.29) is 5.60 Å². The molecule has 0 atom stereocenters. The van der Waals surface area contributed by atoms with Crippen molar-refractivity contribution in [2.24, 2.45) is 0 Å². The lowest BCUT2D eigenvalue weighted by Crippen LogP contribution is -2.22. The van der Waals surface area contributed by atoms with Crippen molar-refractivity contribution in [3.8, 4) is 6.07 Å². The lowest BCUT2D eigenvalue weighted by atomic mass is 10.0. The molecule has 3 radical (unpaired) electrons. The van der Waals surface area contributed by atoms with E-state index in [4.69, 9.17) is 9.69 Å². The summed E-state index contributed by atoms with van der Waals surface area (Å²) in [5.74, 6) is 0. The molecule has 0 aliphatic rings. The van der Waals surface area contributed by atoms with Crippen molar-refractivity contribution in [3.05, 3.63) is 0 Å². The monoisotopic (exact) mass is 140 g/mol. The Morgan fingerprint density at radius 2 is 2.22 bits per heavy atom. The molecular formula is C6H10NOSi. The standard InChI is InChI=1S/C6H10NOSi/c1-6(2,8-9)4-3-5-7/h3-4H2,1-2H3. The number of rotatable bonds is 3. The number of nitrogens with zero attached hydrogens (tertiary/aromatic N) is 1. The molecule has 49 valence electrons. The summed E-state index contributed by atoms with van der Waals surface area (Å²) < 4.78 is 4.89. The smallest absolute Gasteiger partial charge is 0.246 e. The Labute approximate surface area is 59.4 Å². The molecule has 0 fully saturated rings. The number of nitriles is 1. The van der Waals surface area contributed by atoms with Crippen LogP contribution >= 0.6 is 0 Å². The highest BCUT2D eigenvalue weighted by atomic mass is 28.2. The Morgan fingerprint density at radius 1 is 1.67 bits per heavy atom. The summed E-state index contributed by atoms with van der Waals surface area (Å²) in [6.45, 7) is 3.86. The lowest BCUT2D eigenvalue weighted by Gasteiger charge is -2.21. The van der Waals surface area contributed by atoms with Gasteiger partial charge < -0.3 is 4.43 Å². The minimum Gasteiger partial charge on any atom is -0.414 e. The fourth-order valence-electron chi connectivity index (χ4n) is 0.408. The first kappa shape index (κ1) is 8.67. The minimum atomic E-state index is -0.216. The lowest BCUT2D eigenvalue weighted by molar-refractivity contribution is 0.115. The van der Waals surface area contributed by atoms with Crippen molar-refractivity contribution in [2.75, 3.05) is 0 Å². The molecule has 0 aromatic carbocycles. The average molecular weight is 140 g/mol. The molecule has 0 bridgehead atoms. The Morgan fingerprint density at radius 3 is 2.56 bits per heavy atom. The third-order valence-electron chi connectivity index (χ3n) is 1.12. The van der Waals surface area contributed by atoms with Crippen LogP contribution in [0.25, 0.3) is 0 Å². The molecule has 0 saturated carbocycles. The summed E-state index contributed by atoms with van der Waals surface area (Å²) in [6.07, 6.45) is 1.30. The first-order valence-corrected chi connectivity index (χ1v) is 3.25. The van der Waals surface area contributed by atoms with Crippen LogP contribution < -0.4 is 0 Å². The van der Waals surface area contributed by atoms with Gasteiger partial charge in [0, 0.05) is 6.42 Å². The fourth-order valence-corrected chi connectivity index (χ4v) is 0.510. The zero-order valence-electron chi connectivity index (χ0n) is 5.77. The number of hydrogen-bond donors (Lipinski definition) is 0. The molecule has 3 heteroatoms. The quantitative estimate of drug-likeness (QED) is 0.551. The molecule has 9 heavy (non-hydrogen) atoms. The summed E-state index contributed by atoms with van der Waals surface area (Å²) in [5, 5.41) is 8.20. The van der Waals surface area contributed by atoms with E-state index in [9.17, 15) is 0 Å². The molecule has 0 amide bonds. The predicted octanol–water partition coefficient (Wildman–Crippen LogP) is 1.17. The molecular weight excluding hydrogens is 130 g/mol. The zero-order valence-corrected chi connectivity index (χ0v) is 6.77. The normalized spacial score (nSPS) is 10.9. The van der Waals surface area contributed by atoms with Crippen LogP contribution in [-0.2, 0) is 4.43 Å². The second kappa shape index (κ2) is 3.65. The van der Waals surface area contributed by atoms with Gasteiger partial charge in [-0.1, -0.05) is 0 Å². The molecule has 0 aromatic heterocycles. The highest BCUT2D eigenvalue weighted by Crippen LogP contribution is 2.13. The summed E-state index contributed by atoms with van der Waals surface area (Å²) in [7, 11) is 2.94. The maximum absolute atomic E-state index is 8.20.